The van der Waals surface area contributed by atoms with Crippen LogP contribution in [0.2, 0.25) is 0 Å². The summed E-state index contributed by atoms with van der Waals surface area (Å²) in [5, 5.41) is 16.1. The molecule has 2 atom stereocenters. The third kappa shape index (κ3) is 2.17. The van der Waals surface area contributed by atoms with Crippen molar-refractivity contribution in [2.75, 3.05) is 19.6 Å². The van der Waals surface area contributed by atoms with E-state index in [2.05, 4.69) is 10.6 Å². The summed E-state index contributed by atoms with van der Waals surface area (Å²) >= 11 is 0. The summed E-state index contributed by atoms with van der Waals surface area (Å²) in [6.07, 6.45) is 6.30. The van der Waals surface area contributed by atoms with Crippen molar-refractivity contribution in [1.29, 1.82) is 0 Å². The van der Waals surface area contributed by atoms with Gasteiger partial charge in [0.25, 0.3) is 0 Å². The van der Waals surface area contributed by atoms with Crippen LogP contribution < -0.4 is 10.6 Å². The highest BCUT2D eigenvalue weighted by atomic mass is 16.3. The lowest BCUT2D eigenvalue weighted by molar-refractivity contribution is -0.138. The zero-order chi connectivity index (χ0) is 13.7. The van der Waals surface area contributed by atoms with Crippen LogP contribution in [0.5, 0.6) is 0 Å². The molecule has 112 valence electrons. The summed E-state index contributed by atoms with van der Waals surface area (Å²) in [6.45, 7) is 2.12. The Labute approximate surface area is 120 Å². The Morgan fingerprint density at radius 3 is 2.25 bits per heavy atom. The van der Waals surface area contributed by atoms with E-state index in [0.29, 0.717) is 24.9 Å². The summed E-state index contributed by atoms with van der Waals surface area (Å²) in [5.74, 6) is 3.88. The molecule has 4 bridgehead atoms. The first-order valence-electron chi connectivity index (χ1n) is 8.37. The van der Waals surface area contributed by atoms with Gasteiger partial charge in [0.2, 0.25) is 5.91 Å². The van der Waals surface area contributed by atoms with E-state index < -0.39 is 0 Å². The molecule has 5 rings (SSSR count). The van der Waals surface area contributed by atoms with Gasteiger partial charge in [-0.15, -0.1) is 0 Å². The molecular formula is C16H26N2O2. The summed E-state index contributed by atoms with van der Waals surface area (Å²) < 4.78 is 0. The van der Waals surface area contributed by atoms with Crippen LogP contribution in [0.25, 0.3) is 0 Å². The maximum Gasteiger partial charge on any atom is 0.223 e. The van der Waals surface area contributed by atoms with Gasteiger partial charge in [0.15, 0.2) is 0 Å². The van der Waals surface area contributed by atoms with Gasteiger partial charge in [0.05, 0.1) is 6.10 Å². The van der Waals surface area contributed by atoms with Crippen molar-refractivity contribution in [2.45, 2.75) is 38.2 Å². The molecule has 3 N–H and O–H groups in total. The van der Waals surface area contributed by atoms with Crippen LogP contribution in [0, 0.1) is 35.5 Å². The molecule has 0 aromatic rings. The second-order valence-electron chi connectivity index (χ2n) is 7.69. The maximum atomic E-state index is 12.6. The number of aliphatic hydroxyl groups excluding tert-OH is 1. The van der Waals surface area contributed by atoms with Crippen LogP contribution in [0.1, 0.15) is 32.1 Å². The Hall–Kier alpha value is -0.610. The molecule has 1 aliphatic heterocycles. The van der Waals surface area contributed by atoms with E-state index in [-0.39, 0.29) is 23.8 Å². The molecular weight excluding hydrogens is 252 g/mol. The van der Waals surface area contributed by atoms with E-state index in [1.807, 2.05) is 0 Å². The van der Waals surface area contributed by atoms with Crippen LogP contribution in [0.4, 0.5) is 0 Å². The SMILES string of the molecule is O=C(NCC1CNCC1O)C1C2CC3CC(C2)CC1C3. The molecule has 0 aromatic heterocycles. The van der Waals surface area contributed by atoms with E-state index >= 15 is 0 Å². The van der Waals surface area contributed by atoms with Gasteiger partial charge in [-0.3, -0.25) is 4.79 Å². The summed E-state index contributed by atoms with van der Waals surface area (Å²) in [4.78, 5) is 12.6. The highest BCUT2D eigenvalue weighted by molar-refractivity contribution is 5.79. The third-order valence-corrected chi connectivity index (χ3v) is 6.37. The molecule has 1 saturated heterocycles. The van der Waals surface area contributed by atoms with Crippen molar-refractivity contribution in [3.63, 3.8) is 0 Å². The predicted molar refractivity (Wildman–Crippen MR) is 75.9 cm³/mol. The fraction of sp³-hybridized carbons (Fsp3) is 0.938. The van der Waals surface area contributed by atoms with Crippen LogP contribution >= 0.6 is 0 Å². The lowest BCUT2D eigenvalue weighted by atomic mass is 9.51. The first-order chi connectivity index (χ1) is 9.70. The van der Waals surface area contributed by atoms with Gasteiger partial charge in [-0.1, -0.05) is 0 Å². The zero-order valence-corrected chi connectivity index (χ0v) is 12.1. The molecule has 5 fully saturated rings. The third-order valence-electron chi connectivity index (χ3n) is 6.37. The monoisotopic (exact) mass is 278 g/mol. The molecule has 4 nitrogen and oxygen atoms in total. The van der Waals surface area contributed by atoms with Crippen LogP contribution in [-0.4, -0.2) is 36.8 Å². The maximum absolute atomic E-state index is 12.6. The molecule has 2 unspecified atom stereocenters. The van der Waals surface area contributed by atoms with Gasteiger partial charge >= 0.3 is 0 Å². The Morgan fingerprint density at radius 1 is 1.05 bits per heavy atom. The van der Waals surface area contributed by atoms with E-state index in [9.17, 15) is 9.90 Å². The minimum atomic E-state index is -0.297. The van der Waals surface area contributed by atoms with E-state index in [0.717, 1.165) is 18.4 Å². The smallest absolute Gasteiger partial charge is 0.223 e. The van der Waals surface area contributed by atoms with Crippen LogP contribution in [-0.2, 0) is 4.79 Å². The fourth-order valence-electron chi connectivity index (χ4n) is 5.63. The Morgan fingerprint density at radius 2 is 1.70 bits per heavy atom. The molecule has 4 heteroatoms. The van der Waals surface area contributed by atoms with Gasteiger partial charge < -0.3 is 15.7 Å². The Balaban J connectivity index is 1.36. The molecule has 5 aliphatic rings. The number of aliphatic hydroxyl groups is 1. The number of hydrogen-bond donors (Lipinski definition) is 3. The van der Waals surface area contributed by atoms with Crippen LogP contribution in [0.3, 0.4) is 0 Å². The number of hydrogen-bond acceptors (Lipinski definition) is 3. The molecule has 4 saturated carbocycles. The second kappa shape index (κ2) is 4.99. The summed E-state index contributed by atoms with van der Waals surface area (Å²) in [7, 11) is 0. The molecule has 4 aliphatic carbocycles. The van der Waals surface area contributed by atoms with E-state index in [1.54, 1.807) is 0 Å². The van der Waals surface area contributed by atoms with Gasteiger partial charge in [-0.2, -0.15) is 0 Å². The molecule has 1 amide bonds. The number of β-amino-alcohol motifs (C(OH)–C–C–N with tert-alkyl or cyclic N) is 1. The minimum Gasteiger partial charge on any atom is -0.391 e. The van der Waals surface area contributed by atoms with Crippen LogP contribution in [0.15, 0.2) is 0 Å². The lowest BCUT2D eigenvalue weighted by Crippen LogP contribution is -2.51. The van der Waals surface area contributed by atoms with Crippen molar-refractivity contribution in [1.82, 2.24) is 10.6 Å². The van der Waals surface area contributed by atoms with E-state index in [1.165, 1.54) is 32.1 Å². The predicted octanol–water partition coefficient (Wildman–Crippen LogP) is 0.755. The highest BCUT2D eigenvalue weighted by Crippen LogP contribution is 2.56. The molecule has 0 radical (unpaired) electrons. The highest BCUT2D eigenvalue weighted by Gasteiger charge is 2.50. The second-order valence-corrected chi connectivity index (χ2v) is 7.69. The first-order valence-corrected chi connectivity index (χ1v) is 8.37. The average Bonchev–Trinajstić information content (AvgIpc) is 2.80. The number of carbonyl (C=O) groups excluding carboxylic acids is 1. The Kier molecular flexibility index (Phi) is 3.26. The number of nitrogens with one attached hydrogen (secondary N) is 2. The number of carbonyl (C=O) groups is 1. The normalized spacial score (nSPS) is 49.5. The van der Waals surface area contributed by atoms with Crippen molar-refractivity contribution in [2.24, 2.45) is 35.5 Å². The fourth-order valence-corrected chi connectivity index (χ4v) is 5.63. The van der Waals surface area contributed by atoms with E-state index in [4.69, 9.17) is 0 Å². The topological polar surface area (TPSA) is 61.4 Å². The number of rotatable bonds is 3. The van der Waals surface area contributed by atoms with Gasteiger partial charge in [-0.05, 0) is 55.8 Å². The quantitative estimate of drug-likeness (QED) is 0.714. The zero-order valence-electron chi connectivity index (χ0n) is 12.1. The van der Waals surface area contributed by atoms with Crippen molar-refractivity contribution >= 4 is 5.91 Å². The van der Waals surface area contributed by atoms with Crippen molar-refractivity contribution in [3.8, 4) is 0 Å². The molecule has 0 aromatic carbocycles. The average molecular weight is 278 g/mol. The van der Waals surface area contributed by atoms with Gasteiger partial charge in [0.1, 0.15) is 0 Å². The van der Waals surface area contributed by atoms with Gasteiger partial charge in [-0.25, -0.2) is 0 Å². The summed E-state index contributed by atoms with van der Waals surface area (Å²) in [6, 6.07) is 0. The lowest BCUT2D eigenvalue weighted by Gasteiger charge is -2.53. The largest absolute Gasteiger partial charge is 0.391 e. The molecule has 20 heavy (non-hydrogen) atoms. The van der Waals surface area contributed by atoms with Crippen molar-refractivity contribution < 1.29 is 9.90 Å². The van der Waals surface area contributed by atoms with Crippen molar-refractivity contribution in [3.05, 3.63) is 0 Å². The number of amides is 1. The molecule has 1 heterocycles. The minimum absolute atomic E-state index is 0.191. The Bertz CT molecular complexity index is 370. The standard InChI is InChI=1S/C16H26N2O2/c19-14-8-17-6-13(14)7-18-16(20)15-11-2-9-1-10(4-11)5-12(15)3-9/h9-15,17,19H,1-8H2,(H,18,20). The summed E-state index contributed by atoms with van der Waals surface area (Å²) in [5.41, 5.74) is 0. The van der Waals surface area contributed by atoms with Gasteiger partial charge in [0, 0.05) is 31.5 Å². The molecule has 0 spiro atoms. The first kappa shape index (κ1) is 13.1.